The van der Waals surface area contributed by atoms with Gasteiger partial charge in [-0.25, -0.2) is 18.2 Å². The first-order chi connectivity index (χ1) is 14.0. The van der Waals surface area contributed by atoms with E-state index in [1.807, 2.05) is 23.1 Å². The summed E-state index contributed by atoms with van der Waals surface area (Å²) in [6, 6.07) is 10.8. The van der Waals surface area contributed by atoms with Crippen LogP contribution in [-0.2, 0) is 22.0 Å². The number of aryl methyl sites for hydroxylation is 1. The molecule has 0 bridgehead atoms. The molecule has 0 unspecified atom stereocenters. The van der Waals surface area contributed by atoms with Crippen LogP contribution in [0.1, 0.15) is 17.5 Å². The SMILES string of the molecule is [C-]#[N+]c1cc(CC)ccc1N1CCOc2cc(S(=O)(=O)Cc3nccs3)ccc21. The second-order valence-corrected chi connectivity index (χ2v) is 9.57. The van der Waals surface area contributed by atoms with Crippen LogP contribution >= 0.6 is 11.3 Å². The van der Waals surface area contributed by atoms with Gasteiger partial charge in [0.2, 0.25) is 5.69 Å². The fraction of sp³-hybridized carbons (Fsp3) is 0.238. The van der Waals surface area contributed by atoms with E-state index in [1.165, 1.54) is 11.3 Å². The van der Waals surface area contributed by atoms with Crippen LogP contribution in [0.5, 0.6) is 5.75 Å². The number of ether oxygens (including phenoxy) is 1. The molecule has 8 heteroatoms. The molecule has 0 aliphatic carbocycles. The van der Waals surface area contributed by atoms with Crippen molar-refractivity contribution in [2.45, 2.75) is 24.0 Å². The molecule has 0 radical (unpaired) electrons. The summed E-state index contributed by atoms with van der Waals surface area (Å²) in [5.41, 5.74) is 3.26. The molecule has 4 rings (SSSR count). The number of fused-ring (bicyclic) bond motifs is 1. The van der Waals surface area contributed by atoms with Gasteiger partial charge in [-0.15, -0.1) is 11.3 Å². The Morgan fingerprint density at radius 3 is 2.79 bits per heavy atom. The van der Waals surface area contributed by atoms with Crippen LogP contribution in [-0.4, -0.2) is 26.6 Å². The van der Waals surface area contributed by atoms with Crippen LogP contribution in [0.3, 0.4) is 0 Å². The third-order valence-electron chi connectivity index (χ3n) is 4.81. The molecule has 1 aliphatic heterocycles. The zero-order valence-corrected chi connectivity index (χ0v) is 17.5. The van der Waals surface area contributed by atoms with E-state index in [2.05, 4.69) is 16.8 Å². The highest BCUT2D eigenvalue weighted by atomic mass is 32.2. The molecule has 2 heterocycles. The zero-order valence-electron chi connectivity index (χ0n) is 15.8. The minimum atomic E-state index is -3.52. The van der Waals surface area contributed by atoms with Crippen LogP contribution in [0.4, 0.5) is 17.1 Å². The molecule has 148 valence electrons. The van der Waals surface area contributed by atoms with E-state index >= 15 is 0 Å². The molecule has 0 amide bonds. The third-order valence-corrected chi connectivity index (χ3v) is 7.40. The van der Waals surface area contributed by atoms with Crippen LogP contribution in [0, 0.1) is 6.57 Å². The number of rotatable bonds is 5. The summed E-state index contributed by atoms with van der Waals surface area (Å²) in [5.74, 6) is 0.375. The topological polar surface area (TPSA) is 63.9 Å². The van der Waals surface area contributed by atoms with E-state index in [0.29, 0.717) is 29.6 Å². The predicted octanol–water partition coefficient (Wildman–Crippen LogP) is 4.76. The summed E-state index contributed by atoms with van der Waals surface area (Å²) in [7, 11) is -3.52. The molecule has 2 aromatic carbocycles. The Labute approximate surface area is 174 Å². The first-order valence-corrected chi connectivity index (χ1v) is 11.7. The summed E-state index contributed by atoms with van der Waals surface area (Å²) in [5, 5.41) is 2.32. The Kier molecular flexibility index (Phi) is 5.26. The monoisotopic (exact) mass is 425 g/mol. The molecule has 1 aliphatic rings. The highest BCUT2D eigenvalue weighted by Crippen LogP contribution is 2.42. The molecule has 0 fully saturated rings. The zero-order chi connectivity index (χ0) is 20.4. The number of nitrogens with zero attached hydrogens (tertiary/aromatic N) is 3. The van der Waals surface area contributed by atoms with Gasteiger partial charge < -0.3 is 9.64 Å². The molecule has 1 aromatic heterocycles. The van der Waals surface area contributed by atoms with Crippen molar-refractivity contribution >= 4 is 38.2 Å². The van der Waals surface area contributed by atoms with Gasteiger partial charge in [-0.3, -0.25) is 0 Å². The van der Waals surface area contributed by atoms with Gasteiger partial charge in [0.15, 0.2) is 9.84 Å². The van der Waals surface area contributed by atoms with Crippen molar-refractivity contribution in [3.63, 3.8) is 0 Å². The van der Waals surface area contributed by atoms with E-state index in [9.17, 15) is 8.42 Å². The van der Waals surface area contributed by atoms with Gasteiger partial charge in [0, 0.05) is 23.3 Å². The number of hydrogen-bond acceptors (Lipinski definition) is 6. The predicted molar refractivity (Wildman–Crippen MR) is 114 cm³/mol. The maximum absolute atomic E-state index is 12.8. The van der Waals surface area contributed by atoms with Gasteiger partial charge in [0.05, 0.1) is 23.7 Å². The largest absolute Gasteiger partial charge is 0.489 e. The van der Waals surface area contributed by atoms with E-state index in [1.54, 1.807) is 29.8 Å². The fourth-order valence-electron chi connectivity index (χ4n) is 3.32. The van der Waals surface area contributed by atoms with Gasteiger partial charge in [-0.05, 0) is 24.6 Å². The first kappa shape index (κ1) is 19.4. The minimum Gasteiger partial charge on any atom is -0.489 e. The van der Waals surface area contributed by atoms with Gasteiger partial charge in [0.25, 0.3) is 0 Å². The molecule has 0 atom stereocenters. The Bertz CT molecular complexity index is 1180. The van der Waals surface area contributed by atoms with Crippen LogP contribution < -0.4 is 9.64 Å². The molecule has 0 saturated carbocycles. The number of benzene rings is 2. The Balaban J connectivity index is 1.70. The smallest absolute Gasteiger partial charge is 0.210 e. The van der Waals surface area contributed by atoms with Crippen molar-refractivity contribution in [3.05, 3.63) is 70.0 Å². The highest BCUT2D eigenvalue weighted by Gasteiger charge is 2.25. The Morgan fingerprint density at radius 2 is 2.07 bits per heavy atom. The lowest BCUT2D eigenvalue weighted by atomic mass is 10.1. The van der Waals surface area contributed by atoms with Gasteiger partial charge in [0.1, 0.15) is 23.1 Å². The third kappa shape index (κ3) is 3.84. The average molecular weight is 426 g/mol. The van der Waals surface area contributed by atoms with Gasteiger partial charge in [-0.2, -0.15) is 0 Å². The van der Waals surface area contributed by atoms with Crippen LogP contribution in [0.15, 0.2) is 52.9 Å². The molecule has 3 aromatic rings. The Morgan fingerprint density at radius 1 is 1.24 bits per heavy atom. The molecule has 0 spiro atoms. The highest BCUT2D eigenvalue weighted by molar-refractivity contribution is 7.90. The minimum absolute atomic E-state index is 0.131. The average Bonchev–Trinajstić information content (AvgIpc) is 3.24. The van der Waals surface area contributed by atoms with Crippen molar-refractivity contribution in [1.29, 1.82) is 0 Å². The summed E-state index contributed by atoms with van der Waals surface area (Å²) < 4.78 is 31.3. The molecular formula is C21H19N3O3S2. The van der Waals surface area contributed by atoms with Crippen molar-refractivity contribution in [2.24, 2.45) is 0 Å². The molecule has 6 nitrogen and oxygen atoms in total. The van der Waals surface area contributed by atoms with E-state index in [4.69, 9.17) is 11.3 Å². The quantitative estimate of drug-likeness (QED) is 0.552. The molecule has 29 heavy (non-hydrogen) atoms. The lowest BCUT2D eigenvalue weighted by Gasteiger charge is -2.32. The first-order valence-electron chi connectivity index (χ1n) is 9.17. The second-order valence-electron chi connectivity index (χ2n) is 6.60. The van der Waals surface area contributed by atoms with Crippen molar-refractivity contribution < 1.29 is 13.2 Å². The summed E-state index contributed by atoms with van der Waals surface area (Å²) >= 11 is 1.32. The molecule has 0 N–H and O–H groups in total. The normalized spacial score (nSPS) is 13.4. The van der Waals surface area contributed by atoms with E-state index < -0.39 is 9.84 Å². The maximum atomic E-state index is 12.8. The standard InChI is InChI=1S/C21H19N3O3S2/c1-3-15-4-6-18(17(12-15)22-2)24-9-10-27-20-13-16(5-7-19(20)24)29(25,26)14-21-23-8-11-28-21/h4-8,11-13H,3,9-10,14H2,1H3. The van der Waals surface area contributed by atoms with Gasteiger partial charge in [-0.1, -0.05) is 24.6 Å². The van der Waals surface area contributed by atoms with Crippen molar-refractivity contribution in [3.8, 4) is 5.75 Å². The summed E-state index contributed by atoms with van der Waals surface area (Å²) in [6.45, 7) is 10.6. The number of sulfone groups is 1. The second kappa shape index (κ2) is 7.85. The fourth-order valence-corrected chi connectivity index (χ4v) is 5.59. The van der Waals surface area contributed by atoms with Crippen LogP contribution in [0.2, 0.25) is 0 Å². The van der Waals surface area contributed by atoms with E-state index in [-0.39, 0.29) is 10.6 Å². The summed E-state index contributed by atoms with van der Waals surface area (Å²) in [6.07, 6.45) is 2.46. The number of anilines is 2. The van der Waals surface area contributed by atoms with E-state index in [0.717, 1.165) is 23.4 Å². The molecule has 0 saturated heterocycles. The maximum Gasteiger partial charge on any atom is 0.210 e. The van der Waals surface area contributed by atoms with Crippen molar-refractivity contribution in [1.82, 2.24) is 4.98 Å². The number of aromatic nitrogens is 1. The Hall–Kier alpha value is -2.89. The van der Waals surface area contributed by atoms with Gasteiger partial charge >= 0.3 is 0 Å². The summed E-state index contributed by atoms with van der Waals surface area (Å²) in [4.78, 5) is 9.99. The van der Waals surface area contributed by atoms with Crippen LogP contribution in [0.25, 0.3) is 4.85 Å². The molecular weight excluding hydrogens is 406 g/mol. The number of hydrogen-bond donors (Lipinski definition) is 0. The lowest BCUT2D eigenvalue weighted by Crippen LogP contribution is -2.28. The number of thiazole rings is 1. The van der Waals surface area contributed by atoms with Crippen molar-refractivity contribution in [2.75, 3.05) is 18.1 Å². The lowest BCUT2D eigenvalue weighted by molar-refractivity contribution is 0.313.